The molecule has 112 valence electrons. The number of nitrogens with zero attached hydrogens (tertiary/aromatic N) is 3. The number of aryl methyl sites for hydroxylation is 2. The van der Waals surface area contributed by atoms with Crippen LogP contribution in [0.25, 0.3) is 0 Å². The molecular formula is C16H21ClN4. The van der Waals surface area contributed by atoms with Gasteiger partial charge in [-0.1, -0.05) is 44.2 Å². The van der Waals surface area contributed by atoms with Gasteiger partial charge < -0.3 is 5.32 Å². The van der Waals surface area contributed by atoms with E-state index in [0.29, 0.717) is 11.8 Å². The van der Waals surface area contributed by atoms with Crippen molar-refractivity contribution < 1.29 is 0 Å². The van der Waals surface area contributed by atoms with Crippen LogP contribution < -0.4 is 5.32 Å². The van der Waals surface area contributed by atoms with Gasteiger partial charge in [-0.3, -0.25) is 0 Å². The highest BCUT2D eigenvalue weighted by Gasteiger charge is 2.26. The van der Waals surface area contributed by atoms with E-state index in [1.165, 1.54) is 0 Å². The zero-order valence-electron chi connectivity index (χ0n) is 12.7. The fourth-order valence-electron chi connectivity index (χ4n) is 2.23. The summed E-state index contributed by atoms with van der Waals surface area (Å²) in [6.45, 7) is 6.17. The SMILES string of the molecule is CCc1nnc(NC(C)(CCl)c2ccccc2)nc1CC. The van der Waals surface area contributed by atoms with Gasteiger partial charge >= 0.3 is 0 Å². The highest BCUT2D eigenvalue weighted by Crippen LogP contribution is 2.26. The van der Waals surface area contributed by atoms with Crippen molar-refractivity contribution in [2.45, 2.75) is 39.2 Å². The van der Waals surface area contributed by atoms with Crippen molar-refractivity contribution in [1.29, 1.82) is 0 Å². The molecule has 0 aliphatic carbocycles. The molecule has 1 aromatic carbocycles. The molecule has 0 spiro atoms. The summed E-state index contributed by atoms with van der Waals surface area (Å²) in [7, 11) is 0. The largest absolute Gasteiger partial charge is 0.342 e. The van der Waals surface area contributed by atoms with Crippen LogP contribution >= 0.6 is 11.6 Å². The highest BCUT2D eigenvalue weighted by molar-refractivity contribution is 6.18. The summed E-state index contributed by atoms with van der Waals surface area (Å²) in [5.74, 6) is 0.938. The Balaban J connectivity index is 2.30. The first-order chi connectivity index (χ1) is 10.1. The third-order valence-corrected chi connectivity index (χ3v) is 4.11. The van der Waals surface area contributed by atoms with E-state index in [4.69, 9.17) is 11.6 Å². The van der Waals surface area contributed by atoms with Gasteiger partial charge in [-0.2, -0.15) is 5.10 Å². The maximum absolute atomic E-state index is 6.19. The van der Waals surface area contributed by atoms with Crippen LogP contribution in [0.15, 0.2) is 30.3 Å². The quantitative estimate of drug-likeness (QED) is 0.829. The average Bonchev–Trinajstić information content (AvgIpc) is 2.55. The molecule has 0 saturated carbocycles. The number of rotatable bonds is 6. The van der Waals surface area contributed by atoms with Gasteiger partial charge in [-0.05, 0) is 25.3 Å². The molecule has 4 nitrogen and oxygen atoms in total. The molecule has 0 aliphatic rings. The molecule has 1 atom stereocenters. The monoisotopic (exact) mass is 304 g/mol. The Morgan fingerprint density at radius 1 is 1.05 bits per heavy atom. The lowest BCUT2D eigenvalue weighted by molar-refractivity contribution is 0.603. The maximum atomic E-state index is 6.19. The Kier molecular flexibility index (Phi) is 5.12. The smallest absolute Gasteiger partial charge is 0.243 e. The number of alkyl halides is 1. The van der Waals surface area contributed by atoms with E-state index in [2.05, 4.69) is 34.3 Å². The van der Waals surface area contributed by atoms with Crippen molar-refractivity contribution in [3.05, 3.63) is 47.3 Å². The van der Waals surface area contributed by atoms with Crippen molar-refractivity contribution in [3.8, 4) is 0 Å². The minimum Gasteiger partial charge on any atom is -0.342 e. The molecule has 1 aromatic heterocycles. The topological polar surface area (TPSA) is 50.7 Å². The Labute approximate surface area is 131 Å². The number of hydrogen-bond donors (Lipinski definition) is 1. The normalized spacial score (nSPS) is 13.7. The molecule has 0 radical (unpaired) electrons. The lowest BCUT2D eigenvalue weighted by Gasteiger charge is -2.29. The summed E-state index contributed by atoms with van der Waals surface area (Å²) in [5, 5.41) is 11.8. The standard InChI is InChI=1S/C16H21ClN4/c1-4-13-14(5-2)20-21-15(18-13)19-16(3,11-17)12-9-7-6-8-10-12/h6-10H,4-5,11H2,1-3H3,(H,18,19,21). The summed E-state index contributed by atoms with van der Waals surface area (Å²) in [6.07, 6.45) is 1.69. The molecule has 1 N–H and O–H groups in total. The molecule has 2 rings (SSSR count). The van der Waals surface area contributed by atoms with Gasteiger partial charge in [-0.25, -0.2) is 4.98 Å². The van der Waals surface area contributed by atoms with Crippen LogP contribution in [0.5, 0.6) is 0 Å². The minimum absolute atomic E-state index is 0.414. The van der Waals surface area contributed by atoms with Gasteiger partial charge in [0.05, 0.1) is 16.9 Å². The number of hydrogen-bond acceptors (Lipinski definition) is 4. The third-order valence-electron chi connectivity index (χ3n) is 3.58. The van der Waals surface area contributed by atoms with Crippen LogP contribution in [0.2, 0.25) is 0 Å². The molecule has 0 fully saturated rings. The second-order valence-corrected chi connectivity index (χ2v) is 5.46. The molecule has 21 heavy (non-hydrogen) atoms. The molecule has 1 heterocycles. The summed E-state index contributed by atoms with van der Waals surface area (Å²) in [6, 6.07) is 10.1. The summed E-state index contributed by atoms with van der Waals surface area (Å²) in [4.78, 5) is 4.58. The van der Waals surface area contributed by atoms with E-state index in [1.54, 1.807) is 0 Å². The third kappa shape index (κ3) is 3.50. The Morgan fingerprint density at radius 3 is 2.29 bits per heavy atom. The van der Waals surface area contributed by atoms with E-state index in [-0.39, 0.29) is 0 Å². The van der Waals surface area contributed by atoms with Crippen LogP contribution in [-0.4, -0.2) is 21.1 Å². The number of aromatic nitrogens is 3. The number of nitrogens with one attached hydrogen (secondary N) is 1. The average molecular weight is 305 g/mol. The Bertz CT molecular complexity index is 588. The van der Waals surface area contributed by atoms with Gasteiger partial charge in [0.2, 0.25) is 5.95 Å². The zero-order valence-corrected chi connectivity index (χ0v) is 13.5. The Hall–Kier alpha value is -1.68. The fraction of sp³-hybridized carbons (Fsp3) is 0.438. The van der Waals surface area contributed by atoms with E-state index in [9.17, 15) is 0 Å². The van der Waals surface area contributed by atoms with E-state index in [0.717, 1.165) is 29.8 Å². The maximum Gasteiger partial charge on any atom is 0.243 e. The predicted molar refractivity (Wildman–Crippen MR) is 86.7 cm³/mol. The van der Waals surface area contributed by atoms with Gasteiger partial charge in [0.25, 0.3) is 0 Å². The molecule has 1 unspecified atom stereocenters. The van der Waals surface area contributed by atoms with E-state index >= 15 is 0 Å². The van der Waals surface area contributed by atoms with Crippen LogP contribution in [0.4, 0.5) is 5.95 Å². The minimum atomic E-state index is -0.427. The second kappa shape index (κ2) is 6.85. The molecule has 0 bridgehead atoms. The number of benzene rings is 1. The Morgan fingerprint density at radius 2 is 1.71 bits per heavy atom. The fourth-order valence-corrected chi connectivity index (χ4v) is 2.45. The van der Waals surface area contributed by atoms with Crippen LogP contribution in [0, 0.1) is 0 Å². The van der Waals surface area contributed by atoms with Crippen LogP contribution in [0.1, 0.15) is 37.7 Å². The van der Waals surface area contributed by atoms with E-state index < -0.39 is 5.54 Å². The van der Waals surface area contributed by atoms with Crippen LogP contribution in [-0.2, 0) is 18.4 Å². The molecule has 0 saturated heterocycles. The van der Waals surface area contributed by atoms with Crippen molar-refractivity contribution in [2.24, 2.45) is 0 Å². The van der Waals surface area contributed by atoms with Gasteiger partial charge in [0.1, 0.15) is 0 Å². The molecular weight excluding hydrogens is 284 g/mol. The van der Waals surface area contributed by atoms with Crippen molar-refractivity contribution in [3.63, 3.8) is 0 Å². The first-order valence-corrected chi connectivity index (χ1v) is 7.78. The molecule has 0 amide bonds. The van der Waals surface area contributed by atoms with Crippen molar-refractivity contribution >= 4 is 17.5 Å². The first-order valence-electron chi connectivity index (χ1n) is 7.25. The number of anilines is 1. The molecule has 0 aliphatic heterocycles. The number of halogens is 1. The lowest BCUT2D eigenvalue weighted by atomic mass is 9.94. The summed E-state index contributed by atoms with van der Waals surface area (Å²) >= 11 is 6.19. The molecule has 5 heteroatoms. The van der Waals surface area contributed by atoms with Gasteiger partial charge in [-0.15, -0.1) is 16.7 Å². The zero-order chi connectivity index (χ0) is 15.3. The predicted octanol–water partition coefficient (Wildman–Crippen LogP) is 3.56. The van der Waals surface area contributed by atoms with Gasteiger partial charge in [0, 0.05) is 5.88 Å². The highest BCUT2D eigenvalue weighted by atomic mass is 35.5. The lowest BCUT2D eigenvalue weighted by Crippen LogP contribution is -2.35. The van der Waals surface area contributed by atoms with Crippen LogP contribution in [0.3, 0.4) is 0 Å². The summed E-state index contributed by atoms with van der Waals surface area (Å²) in [5.41, 5.74) is 2.61. The first kappa shape index (κ1) is 15.7. The van der Waals surface area contributed by atoms with Gasteiger partial charge in [0.15, 0.2) is 0 Å². The summed E-state index contributed by atoms with van der Waals surface area (Å²) < 4.78 is 0. The molecule has 2 aromatic rings. The van der Waals surface area contributed by atoms with Crippen molar-refractivity contribution in [1.82, 2.24) is 15.2 Å². The second-order valence-electron chi connectivity index (χ2n) is 5.19. The van der Waals surface area contributed by atoms with Crippen molar-refractivity contribution in [2.75, 3.05) is 11.2 Å². The van der Waals surface area contributed by atoms with E-state index in [1.807, 2.05) is 37.3 Å².